The number of hydrogen-bond acceptors (Lipinski definition) is 2. The average Bonchev–Trinajstić information content (AvgIpc) is 2.67. The molecule has 0 saturated carbocycles. The molecule has 0 atom stereocenters. The summed E-state index contributed by atoms with van der Waals surface area (Å²) in [7, 11) is 2.03. The SMILES string of the molecule is CC/C=C(\C=C/CO)c1c(C)c2cc(O)ccc2n1C. The minimum atomic E-state index is 0.0326. The fourth-order valence-electron chi connectivity index (χ4n) is 2.67. The molecule has 1 heterocycles. The molecule has 1 aromatic carbocycles. The normalized spacial score (nSPS) is 12.7. The highest BCUT2D eigenvalue weighted by molar-refractivity contribution is 5.92. The molecule has 0 bridgehead atoms. The third-order valence-electron chi connectivity index (χ3n) is 3.54. The Morgan fingerprint density at radius 3 is 2.75 bits per heavy atom. The van der Waals surface area contributed by atoms with Crippen molar-refractivity contribution < 1.29 is 10.2 Å². The average molecular weight is 271 g/mol. The number of benzene rings is 1. The molecule has 1 aromatic heterocycles. The lowest BCUT2D eigenvalue weighted by molar-refractivity contribution is 0.343. The van der Waals surface area contributed by atoms with Gasteiger partial charge >= 0.3 is 0 Å². The second kappa shape index (κ2) is 5.97. The van der Waals surface area contributed by atoms with Crippen LogP contribution in [-0.4, -0.2) is 21.4 Å². The van der Waals surface area contributed by atoms with E-state index in [0.717, 1.165) is 34.2 Å². The number of nitrogens with zero attached hydrogens (tertiary/aromatic N) is 1. The first-order valence-electron chi connectivity index (χ1n) is 6.86. The summed E-state index contributed by atoms with van der Waals surface area (Å²) in [6.07, 6.45) is 6.77. The topological polar surface area (TPSA) is 45.4 Å². The molecule has 0 amide bonds. The molecule has 20 heavy (non-hydrogen) atoms. The second-order valence-electron chi connectivity index (χ2n) is 4.89. The molecule has 0 fully saturated rings. The van der Waals surface area contributed by atoms with Crippen LogP contribution in [0.3, 0.4) is 0 Å². The van der Waals surface area contributed by atoms with Gasteiger partial charge in [-0.3, -0.25) is 0 Å². The smallest absolute Gasteiger partial charge is 0.116 e. The number of phenolic OH excluding ortho intramolecular Hbond substituents is 1. The van der Waals surface area contributed by atoms with Crippen LogP contribution < -0.4 is 0 Å². The molecule has 0 spiro atoms. The van der Waals surface area contributed by atoms with Gasteiger partial charge in [0.15, 0.2) is 0 Å². The highest BCUT2D eigenvalue weighted by Gasteiger charge is 2.14. The summed E-state index contributed by atoms with van der Waals surface area (Å²) < 4.78 is 2.13. The molecule has 2 rings (SSSR count). The van der Waals surface area contributed by atoms with Crippen LogP contribution in [0.5, 0.6) is 5.75 Å². The third-order valence-corrected chi connectivity index (χ3v) is 3.54. The van der Waals surface area contributed by atoms with Gasteiger partial charge in [0, 0.05) is 18.0 Å². The van der Waals surface area contributed by atoms with E-state index in [2.05, 4.69) is 24.5 Å². The van der Waals surface area contributed by atoms with Gasteiger partial charge in [0.05, 0.1) is 12.3 Å². The number of phenols is 1. The number of hydrogen-bond donors (Lipinski definition) is 2. The molecule has 0 unspecified atom stereocenters. The zero-order chi connectivity index (χ0) is 14.7. The molecular weight excluding hydrogens is 250 g/mol. The van der Waals surface area contributed by atoms with E-state index >= 15 is 0 Å². The molecule has 0 aliphatic rings. The number of aromatic hydroxyl groups is 1. The van der Waals surface area contributed by atoms with Crippen LogP contribution in [0.4, 0.5) is 0 Å². The molecule has 0 radical (unpaired) electrons. The maximum Gasteiger partial charge on any atom is 0.116 e. The Hall–Kier alpha value is -2.00. The van der Waals surface area contributed by atoms with Gasteiger partial charge in [-0.1, -0.05) is 25.2 Å². The van der Waals surface area contributed by atoms with Crippen LogP contribution in [0.1, 0.15) is 24.6 Å². The molecule has 0 aliphatic carbocycles. The van der Waals surface area contributed by atoms with Gasteiger partial charge in [0.25, 0.3) is 0 Å². The van der Waals surface area contributed by atoms with Crippen molar-refractivity contribution in [1.29, 1.82) is 0 Å². The number of aliphatic hydroxyl groups excluding tert-OH is 1. The summed E-state index contributed by atoms with van der Waals surface area (Å²) in [5.74, 6) is 0.282. The number of rotatable bonds is 4. The predicted molar refractivity (Wildman–Crippen MR) is 83.8 cm³/mol. The van der Waals surface area contributed by atoms with Gasteiger partial charge in [-0.05, 0) is 42.7 Å². The lowest BCUT2D eigenvalue weighted by atomic mass is 10.0. The van der Waals surface area contributed by atoms with Crippen LogP contribution in [0, 0.1) is 6.92 Å². The summed E-state index contributed by atoms with van der Waals surface area (Å²) >= 11 is 0. The van der Waals surface area contributed by atoms with E-state index < -0.39 is 0 Å². The summed E-state index contributed by atoms with van der Waals surface area (Å²) in [4.78, 5) is 0. The van der Waals surface area contributed by atoms with Gasteiger partial charge in [0.2, 0.25) is 0 Å². The zero-order valence-electron chi connectivity index (χ0n) is 12.2. The molecule has 2 aromatic rings. The Bertz CT molecular complexity index is 678. The standard InChI is InChI=1S/C17H21NO2/c1-4-6-13(7-5-10-19)17-12(2)15-11-14(20)8-9-16(15)18(17)3/h5-9,11,19-20H,4,10H2,1-3H3/b7-5-,13-6+. The Morgan fingerprint density at radius 1 is 1.35 bits per heavy atom. The summed E-state index contributed by atoms with van der Waals surface area (Å²) in [5.41, 5.74) is 4.45. The number of fused-ring (bicyclic) bond motifs is 1. The minimum Gasteiger partial charge on any atom is -0.508 e. The first kappa shape index (κ1) is 14.4. The van der Waals surface area contributed by atoms with Crippen LogP contribution >= 0.6 is 0 Å². The lowest BCUT2D eigenvalue weighted by Gasteiger charge is -2.07. The van der Waals surface area contributed by atoms with Crippen molar-refractivity contribution >= 4 is 16.5 Å². The molecule has 0 saturated heterocycles. The Morgan fingerprint density at radius 2 is 2.10 bits per heavy atom. The maximum atomic E-state index is 9.67. The highest BCUT2D eigenvalue weighted by Crippen LogP contribution is 2.32. The fraction of sp³-hybridized carbons (Fsp3) is 0.294. The Balaban J connectivity index is 2.69. The van der Waals surface area contributed by atoms with Gasteiger partial charge in [0.1, 0.15) is 5.75 Å². The summed E-state index contributed by atoms with van der Waals surface area (Å²) in [6, 6.07) is 5.44. The van der Waals surface area contributed by atoms with Gasteiger partial charge in [-0.25, -0.2) is 0 Å². The first-order chi connectivity index (χ1) is 9.60. The predicted octanol–water partition coefficient (Wildman–Crippen LogP) is 3.53. The van der Waals surface area contributed by atoms with Crippen molar-refractivity contribution in [3.05, 3.63) is 47.7 Å². The van der Waals surface area contributed by atoms with Crippen molar-refractivity contribution in [2.45, 2.75) is 20.3 Å². The maximum absolute atomic E-state index is 9.67. The highest BCUT2D eigenvalue weighted by atomic mass is 16.3. The van der Waals surface area contributed by atoms with Crippen molar-refractivity contribution in [3.8, 4) is 5.75 Å². The van der Waals surface area contributed by atoms with Crippen molar-refractivity contribution in [2.75, 3.05) is 6.61 Å². The van der Waals surface area contributed by atoms with Crippen LogP contribution in [0.15, 0.2) is 36.4 Å². The number of aryl methyl sites for hydroxylation is 2. The first-order valence-corrected chi connectivity index (χ1v) is 6.86. The largest absolute Gasteiger partial charge is 0.508 e. The van der Waals surface area contributed by atoms with Crippen LogP contribution in [0.2, 0.25) is 0 Å². The van der Waals surface area contributed by atoms with E-state index in [1.54, 1.807) is 18.2 Å². The quantitative estimate of drug-likeness (QED) is 0.835. The number of allylic oxidation sites excluding steroid dienone is 3. The van der Waals surface area contributed by atoms with E-state index in [-0.39, 0.29) is 12.4 Å². The van der Waals surface area contributed by atoms with Crippen molar-refractivity contribution in [2.24, 2.45) is 7.05 Å². The van der Waals surface area contributed by atoms with E-state index in [1.807, 2.05) is 19.2 Å². The van der Waals surface area contributed by atoms with Crippen molar-refractivity contribution in [1.82, 2.24) is 4.57 Å². The number of aromatic nitrogens is 1. The van der Waals surface area contributed by atoms with Crippen LogP contribution in [-0.2, 0) is 7.05 Å². The lowest BCUT2D eigenvalue weighted by Crippen LogP contribution is -1.96. The molecule has 3 heteroatoms. The van der Waals surface area contributed by atoms with E-state index in [0.29, 0.717) is 0 Å². The van der Waals surface area contributed by atoms with Crippen molar-refractivity contribution in [3.63, 3.8) is 0 Å². The zero-order valence-corrected chi connectivity index (χ0v) is 12.2. The monoisotopic (exact) mass is 271 g/mol. The molecule has 3 nitrogen and oxygen atoms in total. The van der Waals surface area contributed by atoms with E-state index in [9.17, 15) is 5.11 Å². The van der Waals surface area contributed by atoms with E-state index in [1.165, 1.54) is 0 Å². The Labute approximate surface area is 119 Å². The Kier molecular flexibility index (Phi) is 4.30. The number of aliphatic hydroxyl groups is 1. The summed E-state index contributed by atoms with van der Waals surface area (Å²) in [6.45, 7) is 4.19. The van der Waals surface area contributed by atoms with Crippen LogP contribution in [0.25, 0.3) is 16.5 Å². The van der Waals surface area contributed by atoms with Gasteiger partial charge < -0.3 is 14.8 Å². The van der Waals surface area contributed by atoms with Gasteiger partial charge in [-0.2, -0.15) is 0 Å². The molecular formula is C17H21NO2. The molecule has 0 aliphatic heterocycles. The molecule has 106 valence electrons. The third kappa shape index (κ3) is 2.49. The minimum absolute atomic E-state index is 0.0326. The van der Waals surface area contributed by atoms with E-state index in [4.69, 9.17) is 5.11 Å². The second-order valence-corrected chi connectivity index (χ2v) is 4.89. The fourth-order valence-corrected chi connectivity index (χ4v) is 2.67. The van der Waals surface area contributed by atoms with Gasteiger partial charge in [-0.15, -0.1) is 0 Å². The molecule has 2 N–H and O–H groups in total. The summed E-state index contributed by atoms with van der Waals surface area (Å²) in [5, 5.41) is 19.7.